The molecule has 1 amide bonds. The molecule has 0 saturated carbocycles. The molecule has 1 N–H and O–H groups in total. The highest BCUT2D eigenvalue weighted by atomic mass is 32.2. The number of benzene rings is 2. The lowest BCUT2D eigenvalue weighted by Crippen LogP contribution is -2.15. The number of amides is 1. The molecule has 134 valence electrons. The van der Waals surface area contributed by atoms with E-state index in [0.717, 1.165) is 22.5 Å². The maximum Gasteiger partial charge on any atom is 0.234 e. The van der Waals surface area contributed by atoms with E-state index in [1.807, 2.05) is 42.7 Å². The van der Waals surface area contributed by atoms with Gasteiger partial charge in [-0.3, -0.25) is 9.36 Å². The molecule has 0 saturated heterocycles. The van der Waals surface area contributed by atoms with Crippen LogP contribution in [0.25, 0.3) is 5.69 Å². The van der Waals surface area contributed by atoms with Gasteiger partial charge in [0.25, 0.3) is 0 Å². The second-order valence-electron chi connectivity index (χ2n) is 6.34. The molecule has 0 aliphatic rings. The van der Waals surface area contributed by atoms with Crippen molar-refractivity contribution in [3.05, 3.63) is 65.0 Å². The molecule has 0 radical (unpaired) electrons. The lowest BCUT2D eigenvalue weighted by atomic mass is 10.1. The molecule has 26 heavy (non-hydrogen) atoms. The summed E-state index contributed by atoms with van der Waals surface area (Å²) in [5.74, 6) is 0.218. The zero-order valence-corrected chi connectivity index (χ0v) is 16.2. The Morgan fingerprint density at radius 1 is 1.08 bits per heavy atom. The number of nitrogens with zero attached hydrogens (tertiary/aromatic N) is 3. The van der Waals surface area contributed by atoms with E-state index < -0.39 is 0 Å². The maximum absolute atomic E-state index is 12.3. The van der Waals surface area contributed by atoms with Crippen molar-refractivity contribution in [3.8, 4) is 5.69 Å². The molecule has 0 spiro atoms. The minimum absolute atomic E-state index is 0.0571. The monoisotopic (exact) mass is 366 g/mol. The van der Waals surface area contributed by atoms with Crippen molar-refractivity contribution < 1.29 is 4.79 Å². The van der Waals surface area contributed by atoms with Gasteiger partial charge in [-0.05, 0) is 68.1 Å². The highest BCUT2D eigenvalue weighted by Crippen LogP contribution is 2.22. The normalized spacial score (nSPS) is 10.8. The third-order valence-electron chi connectivity index (χ3n) is 4.50. The first kappa shape index (κ1) is 18.2. The summed E-state index contributed by atoms with van der Waals surface area (Å²) in [5.41, 5.74) is 6.54. The highest BCUT2D eigenvalue weighted by Gasteiger charge is 2.12. The van der Waals surface area contributed by atoms with E-state index in [2.05, 4.69) is 41.5 Å². The molecule has 0 fully saturated rings. The van der Waals surface area contributed by atoms with Crippen molar-refractivity contribution >= 4 is 23.4 Å². The Morgan fingerprint density at radius 2 is 1.88 bits per heavy atom. The molecule has 0 aliphatic carbocycles. The van der Waals surface area contributed by atoms with Crippen molar-refractivity contribution in [3.63, 3.8) is 0 Å². The smallest absolute Gasteiger partial charge is 0.234 e. The van der Waals surface area contributed by atoms with Crippen molar-refractivity contribution in [1.82, 2.24) is 14.8 Å². The molecule has 6 heteroatoms. The SMILES string of the molecule is Cc1ccc(-n2cnnc2SCC(=O)Nc2cccc(C)c2C)cc1C. The largest absolute Gasteiger partial charge is 0.325 e. The van der Waals surface area contributed by atoms with Gasteiger partial charge in [0.1, 0.15) is 6.33 Å². The summed E-state index contributed by atoms with van der Waals surface area (Å²) in [6.45, 7) is 8.20. The number of carbonyl (C=O) groups is 1. The van der Waals surface area contributed by atoms with Gasteiger partial charge in [0.05, 0.1) is 5.75 Å². The third kappa shape index (κ3) is 3.96. The number of thioether (sulfide) groups is 1. The lowest BCUT2D eigenvalue weighted by Gasteiger charge is -2.11. The van der Waals surface area contributed by atoms with Crippen LogP contribution < -0.4 is 5.32 Å². The van der Waals surface area contributed by atoms with Crippen LogP contribution in [0.4, 0.5) is 5.69 Å². The summed E-state index contributed by atoms with van der Waals surface area (Å²) in [4.78, 5) is 12.3. The van der Waals surface area contributed by atoms with Crippen molar-refractivity contribution in [1.29, 1.82) is 0 Å². The number of aromatic nitrogens is 3. The first-order chi connectivity index (χ1) is 12.5. The zero-order chi connectivity index (χ0) is 18.7. The van der Waals surface area contributed by atoms with Gasteiger partial charge in [-0.2, -0.15) is 0 Å². The second kappa shape index (κ2) is 7.74. The van der Waals surface area contributed by atoms with Crippen molar-refractivity contribution in [2.45, 2.75) is 32.9 Å². The Morgan fingerprint density at radius 3 is 2.65 bits per heavy atom. The van der Waals surface area contributed by atoms with Crippen LogP contribution in [0.2, 0.25) is 0 Å². The Balaban J connectivity index is 1.69. The van der Waals surface area contributed by atoms with Crippen LogP contribution in [0.3, 0.4) is 0 Å². The van der Waals surface area contributed by atoms with Gasteiger partial charge in [0.15, 0.2) is 5.16 Å². The number of aryl methyl sites for hydroxylation is 3. The van der Waals surface area contributed by atoms with Gasteiger partial charge in [-0.15, -0.1) is 10.2 Å². The fourth-order valence-electron chi connectivity index (χ4n) is 2.58. The summed E-state index contributed by atoms with van der Waals surface area (Å²) in [6, 6.07) is 12.1. The van der Waals surface area contributed by atoms with Gasteiger partial charge in [0.2, 0.25) is 5.91 Å². The number of nitrogens with one attached hydrogen (secondary N) is 1. The van der Waals surface area contributed by atoms with E-state index >= 15 is 0 Å². The average Bonchev–Trinajstić information content (AvgIpc) is 3.08. The van der Waals surface area contributed by atoms with Crippen molar-refractivity contribution in [2.75, 3.05) is 11.1 Å². The first-order valence-corrected chi connectivity index (χ1v) is 9.41. The molecule has 0 bridgehead atoms. The topological polar surface area (TPSA) is 59.8 Å². The summed E-state index contributed by atoms with van der Waals surface area (Å²) in [6.07, 6.45) is 1.68. The van der Waals surface area contributed by atoms with Crippen LogP contribution in [-0.2, 0) is 4.79 Å². The Labute approximate surface area is 157 Å². The molecular weight excluding hydrogens is 344 g/mol. The fraction of sp³-hybridized carbons (Fsp3) is 0.250. The number of carbonyl (C=O) groups excluding carboxylic acids is 1. The quantitative estimate of drug-likeness (QED) is 0.687. The zero-order valence-electron chi connectivity index (χ0n) is 15.4. The van der Waals surface area contributed by atoms with Crippen LogP contribution in [-0.4, -0.2) is 26.4 Å². The molecule has 0 atom stereocenters. The van der Waals surface area contributed by atoms with Crippen LogP contribution in [0.1, 0.15) is 22.3 Å². The molecule has 0 unspecified atom stereocenters. The maximum atomic E-state index is 12.3. The van der Waals surface area contributed by atoms with Crippen molar-refractivity contribution in [2.24, 2.45) is 0 Å². The van der Waals surface area contributed by atoms with Crippen LogP contribution in [0.5, 0.6) is 0 Å². The predicted molar refractivity (Wildman–Crippen MR) is 106 cm³/mol. The second-order valence-corrected chi connectivity index (χ2v) is 7.28. The van der Waals surface area contributed by atoms with E-state index in [1.54, 1.807) is 6.33 Å². The van der Waals surface area contributed by atoms with Crippen LogP contribution in [0.15, 0.2) is 47.9 Å². The number of rotatable bonds is 5. The predicted octanol–water partition coefficient (Wildman–Crippen LogP) is 4.23. The number of anilines is 1. The van der Waals surface area contributed by atoms with Gasteiger partial charge in [-0.1, -0.05) is 30.0 Å². The Hall–Kier alpha value is -2.60. The molecule has 3 aromatic rings. The van der Waals surface area contributed by atoms with E-state index in [0.29, 0.717) is 5.16 Å². The van der Waals surface area contributed by atoms with Gasteiger partial charge >= 0.3 is 0 Å². The summed E-state index contributed by atoms with van der Waals surface area (Å²) < 4.78 is 1.91. The highest BCUT2D eigenvalue weighted by molar-refractivity contribution is 7.99. The fourth-order valence-corrected chi connectivity index (χ4v) is 3.31. The molecule has 2 aromatic carbocycles. The summed E-state index contributed by atoms with van der Waals surface area (Å²) in [5, 5.41) is 11.8. The van der Waals surface area contributed by atoms with Gasteiger partial charge in [-0.25, -0.2) is 0 Å². The average molecular weight is 366 g/mol. The Kier molecular flexibility index (Phi) is 5.42. The standard InChI is InChI=1S/C20H22N4OS/c1-13-8-9-17(10-15(13)3)24-12-21-23-20(24)26-11-19(25)22-18-7-5-6-14(2)16(18)4/h5-10,12H,11H2,1-4H3,(H,22,25). The molecule has 3 rings (SSSR count). The van der Waals surface area contributed by atoms with E-state index in [9.17, 15) is 4.79 Å². The van der Waals surface area contributed by atoms with E-state index in [1.165, 1.54) is 22.9 Å². The lowest BCUT2D eigenvalue weighted by molar-refractivity contribution is -0.113. The van der Waals surface area contributed by atoms with E-state index in [-0.39, 0.29) is 11.7 Å². The number of hydrogen-bond donors (Lipinski definition) is 1. The molecule has 5 nitrogen and oxygen atoms in total. The van der Waals surface area contributed by atoms with E-state index in [4.69, 9.17) is 0 Å². The van der Waals surface area contributed by atoms with Gasteiger partial charge in [0, 0.05) is 11.4 Å². The minimum atomic E-state index is -0.0571. The number of hydrogen-bond acceptors (Lipinski definition) is 4. The van der Waals surface area contributed by atoms with Crippen LogP contribution >= 0.6 is 11.8 Å². The summed E-state index contributed by atoms with van der Waals surface area (Å²) in [7, 11) is 0. The summed E-state index contributed by atoms with van der Waals surface area (Å²) >= 11 is 1.37. The third-order valence-corrected chi connectivity index (χ3v) is 5.44. The molecule has 1 heterocycles. The Bertz CT molecular complexity index is 949. The molecule has 1 aromatic heterocycles. The molecular formula is C20H22N4OS. The van der Waals surface area contributed by atoms with Crippen LogP contribution in [0, 0.1) is 27.7 Å². The molecule has 0 aliphatic heterocycles. The van der Waals surface area contributed by atoms with Gasteiger partial charge < -0.3 is 5.32 Å². The minimum Gasteiger partial charge on any atom is -0.325 e. The first-order valence-electron chi connectivity index (χ1n) is 8.42.